The molecule has 1 atom stereocenters. The molecule has 0 saturated carbocycles. The standard InChI is InChI=1S/C12H14BrNO3/c1-7(2)10(12(16)17)11(15)14-9-5-3-4-8(13)6-9/h3-7,10H,1-2H3,(H,14,15)(H,16,17). The molecule has 0 saturated heterocycles. The van der Waals surface area contributed by atoms with Gasteiger partial charge in [0.1, 0.15) is 5.92 Å². The van der Waals surface area contributed by atoms with Crippen LogP contribution in [0.4, 0.5) is 5.69 Å². The van der Waals surface area contributed by atoms with Crippen molar-refractivity contribution in [1.82, 2.24) is 0 Å². The van der Waals surface area contributed by atoms with Gasteiger partial charge < -0.3 is 10.4 Å². The number of carbonyl (C=O) groups excluding carboxylic acids is 1. The molecule has 0 bridgehead atoms. The van der Waals surface area contributed by atoms with E-state index in [2.05, 4.69) is 21.2 Å². The Labute approximate surface area is 108 Å². The molecule has 2 N–H and O–H groups in total. The van der Waals surface area contributed by atoms with Gasteiger partial charge in [0.2, 0.25) is 5.91 Å². The summed E-state index contributed by atoms with van der Waals surface area (Å²) < 4.78 is 0.826. The number of benzene rings is 1. The van der Waals surface area contributed by atoms with Crippen molar-refractivity contribution in [2.45, 2.75) is 13.8 Å². The van der Waals surface area contributed by atoms with Gasteiger partial charge in [0.05, 0.1) is 0 Å². The smallest absolute Gasteiger partial charge is 0.316 e. The van der Waals surface area contributed by atoms with Crippen LogP contribution in [0.15, 0.2) is 28.7 Å². The summed E-state index contributed by atoms with van der Waals surface area (Å²) in [6.45, 7) is 3.42. The maximum atomic E-state index is 11.8. The number of hydrogen-bond donors (Lipinski definition) is 2. The Kier molecular flexibility index (Phi) is 4.69. The molecule has 92 valence electrons. The van der Waals surface area contributed by atoms with Gasteiger partial charge in [-0.2, -0.15) is 0 Å². The Morgan fingerprint density at radius 1 is 1.35 bits per heavy atom. The van der Waals surface area contributed by atoms with E-state index < -0.39 is 17.8 Å². The van der Waals surface area contributed by atoms with Crippen LogP contribution in [0.25, 0.3) is 0 Å². The molecule has 0 fully saturated rings. The van der Waals surface area contributed by atoms with Gasteiger partial charge in [-0.25, -0.2) is 0 Å². The summed E-state index contributed by atoms with van der Waals surface area (Å²) in [5.41, 5.74) is 0.580. The SMILES string of the molecule is CC(C)C(C(=O)O)C(=O)Nc1cccc(Br)c1. The predicted octanol–water partition coefficient (Wildman–Crippen LogP) is 2.74. The fourth-order valence-electron chi connectivity index (χ4n) is 1.49. The largest absolute Gasteiger partial charge is 0.481 e. The highest BCUT2D eigenvalue weighted by molar-refractivity contribution is 9.10. The zero-order chi connectivity index (χ0) is 13.0. The van der Waals surface area contributed by atoms with E-state index in [1.807, 2.05) is 6.07 Å². The molecule has 4 nitrogen and oxygen atoms in total. The molecule has 1 aromatic rings. The summed E-state index contributed by atoms with van der Waals surface area (Å²) in [7, 11) is 0. The van der Waals surface area contributed by atoms with Crippen molar-refractivity contribution in [3.63, 3.8) is 0 Å². The molecule has 0 radical (unpaired) electrons. The second-order valence-corrected chi connectivity index (χ2v) is 4.98. The van der Waals surface area contributed by atoms with Crippen LogP contribution in [-0.4, -0.2) is 17.0 Å². The van der Waals surface area contributed by atoms with E-state index in [0.717, 1.165) is 4.47 Å². The number of carboxylic acid groups (broad SMARTS) is 1. The third kappa shape index (κ3) is 3.85. The van der Waals surface area contributed by atoms with Gasteiger partial charge in [-0.15, -0.1) is 0 Å². The van der Waals surface area contributed by atoms with E-state index in [1.165, 1.54) is 0 Å². The van der Waals surface area contributed by atoms with Gasteiger partial charge in [-0.3, -0.25) is 9.59 Å². The third-order valence-corrected chi connectivity index (χ3v) is 2.80. The number of nitrogens with one attached hydrogen (secondary N) is 1. The summed E-state index contributed by atoms with van der Waals surface area (Å²) >= 11 is 3.28. The van der Waals surface area contributed by atoms with E-state index >= 15 is 0 Å². The average Bonchev–Trinajstić information content (AvgIpc) is 2.15. The van der Waals surface area contributed by atoms with Gasteiger partial charge in [0, 0.05) is 10.2 Å². The highest BCUT2D eigenvalue weighted by Crippen LogP contribution is 2.18. The van der Waals surface area contributed by atoms with E-state index in [-0.39, 0.29) is 5.92 Å². The molecule has 1 amide bonds. The van der Waals surface area contributed by atoms with Crippen molar-refractivity contribution in [2.24, 2.45) is 11.8 Å². The van der Waals surface area contributed by atoms with E-state index in [1.54, 1.807) is 32.0 Å². The number of rotatable bonds is 4. The van der Waals surface area contributed by atoms with Crippen molar-refractivity contribution in [3.8, 4) is 0 Å². The number of amides is 1. The molecule has 17 heavy (non-hydrogen) atoms. The highest BCUT2D eigenvalue weighted by Gasteiger charge is 2.29. The van der Waals surface area contributed by atoms with E-state index in [0.29, 0.717) is 5.69 Å². The minimum atomic E-state index is -1.10. The normalized spacial score (nSPS) is 12.2. The van der Waals surface area contributed by atoms with E-state index in [4.69, 9.17) is 5.11 Å². The molecule has 1 aromatic carbocycles. The maximum Gasteiger partial charge on any atom is 0.316 e. The second-order valence-electron chi connectivity index (χ2n) is 4.06. The Morgan fingerprint density at radius 2 is 2.00 bits per heavy atom. The first-order valence-corrected chi connectivity index (χ1v) is 6.00. The Hall–Kier alpha value is -1.36. The lowest BCUT2D eigenvalue weighted by atomic mass is 9.95. The number of carboxylic acids is 1. The minimum Gasteiger partial charge on any atom is -0.481 e. The third-order valence-electron chi connectivity index (χ3n) is 2.31. The van der Waals surface area contributed by atoms with Crippen LogP contribution in [0, 0.1) is 11.8 Å². The molecular weight excluding hydrogens is 286 g/mol. The number of anilines is 1. The first-order valence-electron chi connectivity index (χ1n) is 5.21. The lowest BCUT2D eigenvalue weighted by Crippen LogP contribution is -2.33. The Bertz CT molecular complexity index is 432. The molecule has 0 aliphatic rings. The van der Waals surface area contributed by atoms with Crippen molar-refractivity contribution in [2.75, 3.05) is 5.32 Å². The number of hydrogen-bond acceptors (Lipinski definition) is 2. The summed E-state index contributed by atoms with van der Waals surface area (Å²) in [5, 5.41) is 11.6. The van der Waals surface area contributed by atoms with Crippen LogP contribution in [-0.2, 0) is 9.59 Å². The van der Waals surface area contributed by atoms with Crippen LogP contribution in [0.3, 0.4) is 0 Å². The molecule has 0 aliphatic carbocycles. The fourth-order valence-corrected chi connectivity index (χ4v) is 1.89. The molecule has 5 heteroatoms. The monoisotopic (exact) mass is 299 g/mol. The molecule has 0 spiro atoms. The minimum absolute atomic E-state index is 0.250. The molecule has 0 aliphatic heterocycles. The second kappa shape index (κ2) is 5.82. The van der Waals surface area contributed by atoms with Crippen molar-refractivity contribution >= 4 is 33.5 Å². The predicted molar refractivity (Wildman–Crippen MR) is 68.7 cm³/mol. The molecular formula is C12H14BrNO3. The molecule has 0 aromatic heterocycles. The van der Waals surface area contributed by atoms with Gasteiger partial charge in [-0.05, 0) is 24.1 Å². The van der Waals surface area contributed by atoms with Crippen molar-refractivity contribution in [1.29, 1.82) is 0 Å². The summed E-state index contributed by atoms with van der Waals surface area (Å²) in [4.78, 5) is 22.8. The number of carbonyl (C=O) groups is 2. The van der Waals surface area contributed by atoms with Crippen molar-refractivity contribution in [3.05, 3.63) is 28.7 Å². The summed E-state index contributed by atoms with van der Waals surface area (Å²) in [6, 6.07) is 7.02. The zero-order valence-corrected chi connectivity index (χ0v) is 11.2. The first-order chi connectivity index (χ1) is 7.91. The average molecular weight is 300 g/mol. The van der Waals surface area contributed by atoms with Crippen LogP contribution in [0.1, 0.15) is 13.8 Å². The topological polar surface area (TPSA) is 66.4 Å². The van der Waals surface area contributed by atoms with Gasteiger partial charge in [-0.1, -0.05) is 35.8 Å². The molecule has 1 rings (SSSR count). The Morgan fingerprint density at radius 3 is 2.47 bits per heavy atom. The van der Waals surface area contributed by atoms with Crippen LogP contribution in [0.5, 0.6) is 0 Å². The first kappa shape index (κ1) is 13.7. The number of aliphatic carboxylic acids is 1. The van der Waals surface area contributed by atoms with Crippen LogP contribution in [0.2, 0.25) is 0 Å². The maximum absolute atomic E-state index is 11.8. The van der Waals surface area contributed by atoms with Crippen LogP contribution >= 0.6 is 15.9 Å². The zero-order valence-electron chi connectivity index (χ0n) is 9.61. The summed E-state index contributed by atoms with van der Waals surface area (Å²) in [5.74, 6) is -2.88. The highest BCUT2D eigenvalue weighted by atomic mass is 79.9. The number of halogens is 1. The van der Waals surface area contributed by atoms with Crippen molar-refractivity contribution < 1.29 is 14.7 Å². The summed E-state index contributed by atoms with van der Waals surface area (Å²) in [6.07, 6.45) is 0. The molecule has 1 unspecified atom stereocenters. The fraction of sp³-hybridized carbons (Fsp3) is 0.333. The molecule has 0 heterocycles. The van der Waals surface area contributed by atoms with Gasteiger partial charge in [0.15, 0.2) is 0 Å². The lowest BCUT2D eigenvalue weighted by molar-refractivity contribution is -0.147. The quantitative estimate of drug-likeness (QED) is 0.840. The van der Waals surface area contributed by atoms with E-state index in [9.17, 15) is 9.59 Å². The van der Waals surface area contributed by atoms with Crippen LogP contribution < -0.4 is 5.32 Å². The lowest BCUT2D eigenvalue weighted by Gasteiger charge is -2.15. The van der Waals surface area contributed by atoms with Gasteiger partial charge in [0.25, 0.3) is 0 Å². The van der Waals surface area contributed by atoms with Gasteiger partial charge >= 0.3 is 5.97 Å². The Balaban J connectivity index is 2.81.